The molecule has 2 aromatic carbocycles. The van der Waals surface area contributed by atoms with Crippen LogP contribution < -0.4 is 9.62 Å². The topological polar surface area (TPSA) is 86.8 Å². The van der Waals surface area contributed by atoms with Crippen LogP contribution in [0.15, 0.2) is 60.7 Å². The van der Waals surface area contributed by atoms with Crippen molar-refractivity contribution < 1.29 is 18.0 Å². The Morgan fingerprint density at radius 3 is 1.97 bits per heavy atom. The highest BCUT2D eigenvalue weighted by Crippen LogP contribution is 2.18. The molecule has 1 atom stereocenters. The summed E-state index contributed by atoms with van der Waals surface area (Å²) < 4.78 is 25.9. The molecule has 2 aromatic rings. The van der Waals surface area contributed by atoms with Crippen molar-refractivity contribution in [1.82, 2.24) is 10.2 Å². The lowest BCUT2D eigenvalue weighted by Crippen LogP contribution is -2.54. The lowest BCUT2D eigenvalue weighted by molar-refractivity contribution is -0.140. The average molecular weight is 446 g/mol. The molecule has 2 amide bonds. The van der Waals surface area contributed by atoms with E-state index in [1.54, 1.807) is 37.3 Å². The van der Waals surface area contributed by atoms with E-state index in [1.165, 1.54) is 4.90 Å². The van der Waals surface area contributed by atoms with Crippen molar-refractivity contribution in [3.05, 3.63) is 66.2 Å². The summed E-state index contributed by atoms with van der Waals surface area (Å²) in [6.07, 6.45) is 1.06. The van der Waals surface area contributed by atoms with Crippen molar-refractivity contribution in [2.45, 2.75) is 45.8 Å². The largest absolute Gasteiger partial charge is 0.350 e. The fourth-order valence-corrected chi connectivity index (χ4v) is 3.89. The summed E-state index contributed by atoms with van der Waals surface area (Å²) in [5.74, 6) is -0.767. The molecule has 8 heteroatoms. The number of hydrogen-bond acceptors (Lipinski definition) is 4. The van der Waals surface area contributed by atoms with Crippen LogP contribution in [-0.2, 0) is 26.2 Å². The number of benzene rings is 2. The molecular weight excluding hydrogens is 414 g/mol. The number of nitrogens with one attached hydrogen (secondary N) is 1. The maximum absolute atomic E-state index is 13.3. The Balaban J connectivity index is 2.35. The molecule has 0 spiro atoms. The average Bonchev–Trinajstić information content (AvgIpc) is 2.69. The Morgan fingerprint density at radius 1 is 0.968 bits per heavy atom. The number of sulfonamides is 1. The minimum atomic E-state index is -3.71. The summed E-state index contributed by atoms with van der Waals surface area (Å²) in [5, 5.41) is 2.89. The second-order valence-corrected chi connectivity index (χ2v) is 10.4. The molecule has 2 rings (SSSR count). The molecule has 0 aliphatic rings. The second kappa shape index (κ2) is 9.96. The van der Waals surface area contributed by atoms with Crippen LogP contribution in [0.25, 0.3) is 0 Å². The van der Waals surface area contributed by atoms with Crippen molar-refractivity contribution in [2.24, 2.45) is 0 Å². The summed E-state index contributed by atoms with van der Waals surface area (Å²) in [4.78, 5) is 27.6. The van der Waals surface area contributed by atoms with Crippen LogP contribution in [0.4, 0.5) is 5.69 Å². The molecule has 0 aliphatic carbocycles. The van der Waals surface area contributed by atoms with Crippen LogP contribution in [0.5, 0.6) is 0 Å². The molecule has 1 N–H and O–H groups in total. The van der Waals surface area contributed by atoms with Crippen molar-refractivity contribution in [2.75, 3.05) is 17.1 Å². The van der Waals surface area contributed by atoms with E-state index in [9.17, 15) is 18.0 Å². The number of nitrogens with zero attached hydrogens (tertiary/aromatic N) is 2. The lowest BCUT2D eigenvalue weighted by Gasteiger charge is -2.33. The highest BCUT2D eigenvalue weighted by molar-refractivity contribution is 7.92. The van der Waals surface area contributed by atoms with Crippen LogP contribution in [0, 0.1) is 0 Å². The summed E-state index contributed by atoms with van der Waals surface area (Å²) in [6, 6.07) is 17.0. The van der Waals surface area contributed by atoms with Crippen molar-refractivity contribution in [3.63, 3.8) is 0 Å². The molecule has 0 unspecified atom stereocenters. The molecule has 0 heterocycles. The van der Waals surface area contributed by atoms with Gasteiger partial charge in [0.05, 0.1) is 11.9 Å². The van der Waals surface area contributed by atoms with Gasteiger partial charge in [-0.05, 0) is 45.4 Å². The Kier molecular flexibility index (Phi) is 7.84. The van der Waals surface area contributed by atoms with Gasteiger partial charge in [-0.25, -0.2) is 8.42 Å². The molecule has 0 aliphatic heterocycles. The SMILES string of the molecule is C[C@@H](C(=O)NC(C)(C)C)N(Cc1ccccc1)C(=O)CN(c1ccccc1)S(C)(=O)=O. The van der Waals surface area contributed by atoms with Gasteiger partial charge in [0.15, 0.2) is 0 Å². The molecule has 0 fully saturated rings. The number of amides is 2. The number of para-hydroxylation sites is 1. The lowest BCUT2D eigenvalue weighted by atomic mass is 10.1. The van der Waals surface area contributed by atoms with Gasteiger partial charge in [0.25, 0.3) is 0 Å². The minimum Gasteiger partial charge on any atom is -0.350 e. The van der Waals surface area contributed by atoms with Gasteiger partial charge in [0, 0.05) is 12.1 Å². The molecule has 0 bridgehead atoms. The first-order valence-electron chi connectivity index (χ1n) is 10.1. The van der Waals surface area contributed by atoms with Gasteiger partial charge in [0.2, 0.25) is 21.8 Å². The van der Waals surface area contributed by atoms with E-state index in [1.807, 2.05) is 51.1 Å². The molecule has 168 valence electrons. The predicted molar refractivity (Wildman–Crippen MR) is 123 cm³/mol. The maximum Gasteiger partial charge on any atom is 0.244 e. The number of hydrogen-bond donors (Lipinski definition) is 1. The van der Waals surface area contributed by atoms with E-state index in [0.717, 1.165) is 16.1 Å². The van der Waals surface area contributed by atoms with Crippen molar-refractivity contribution in [3.8, 4) is 0 Å². The number of rotatable bonds is 8. The molecule has 0 saturated heterocycles. The van der Waals surface area contributed by atoms with Crippen LogP contribution in [-0.4, -0.2) is 49.5 Å². The summed E-state index contributed by atoms with van der Waals surface area (Å²) >= 11 is 0. The van der Waals surface area contributed by atoms with Crippen LogP contribution in [0.3, 0.4) is 0 Å². The van der Waals surface area contributed by atoms with Crippen LogP contribution in [0.1, 0.15) is 33.3 Å². The Bertz CT molecular complexity index is 986. The number of carbonyl (C=O) groups excluding carboxylic acids is 2. The molecule has 7 nitrogen and oxygen atoms in total. The zero-order valence-corrected chi connectivity index (χ0v) is 19.5. The Hall–Kier alpha value is -2.87. The third-order valence-electron chi connectivity index (χ3n) is 4.58. The fourth-order valence-electron chi connectivity index (χ4n) is 3.04. The first kappa shape index (κ1) is 24.4. The van der Waals surface area contributed by atoms with E-state index >= 15 is 0 Å². The molecule has 31 heavy (non-hydrogen) atoms. The monoisotopic (exact) mass is 445 g/mol. The summed E-state index contributed by atoms with van der Waals surface area (Å²) in [5.41, 5.74) is 0.775. The highest BCUT2D eigenvalue weighted by Gasteiger charge is 2.31. The zero-order chi connectivity index (χ0) is 23.2. The van der Waals surface area contributed by atoms with E-state index in [2.05, 4.69) is 5.32 Å². The first-order chi connectivity index (χ1) is 14.4. The standard InChI is InChI=1S/C23H31N3O4S/c1-18(22(28)24-23(2,3)4)25(16-19-12-8-6-9-13-19)21(27)17-26(31(5,29)30)20-14-10-7-11-15-20/h6-15,18H,16-17H2,1-5H3,(H,24,28)/t18-/m0/s1. The van der Waals surface area contributed by atoms with Gasteiger partial charge in [-0.1, -0.05) is 48.5 Å². The second-order valence-electron chi connectivity index (χ2n) is 8.53. The van der Waals surface area contributed by atoms with E-state index in [-0.39, 0.29) is 12.5 Å². The van der Waals surface area contributed by atoms with Crippen molar-refractivity contribution in [1.29, 1.82) is 0 Å². The zero-order valence-electron chi connectivity index (χ0n) is 18.7. The summed E-state index contributed by atoms with van der Waals surface area (Å²) in [6.45, 7) is 7.02. The van der Waals surface area contributed by atoms with Crippen LogP contribution >= 0.6 is 0 Å². The highest BCUT2D eigenvalue weighted by atomic mass is 32.2. The first-order valence-corrected chi connectivity index (χ1v) is 11.9. The van der Waals surface area contributed by atoms with E-state index in [0.29, 0.717) is 5.69 Å². The number of anilines is 1. The molecular formula is C23H31N3O4S. The van der Waals surface area contributed by atoms with Gasteiger partial charge in [-0.15, -0.1) is 0 Å². The van der Waals surface area contributed by atoms with Gasteiger partial charge in [0.1, 0.15) is 12.6 Å². The van der Waals surface area contributed by atoms with Gasteiger partial charge < -0.3 is 10.2 Å². The van der Waals surface area contributed by atoms with Crippen molar-refractivity contribution >= 4 is 27.5 Å². The third kappa shape index (κ3) is 7.40. The Labute approximate surface area is 185 Å². The fraction of sp³-hybridized carbons (Fsp3) is 0.391. The third-order valence-corrected chi connectivity index (χ3v) is 5.73. The smallest absolute Gasteiger partial charge is 0.244 e. The van der Waals surface area contributed by atoms with Gasteiger partial charge in [-0.3, -0.25) is 13.9 Å². The predicted octanol–water partition coefficient (Wildman–Crippen LogP) is 2.78. The normalized spacial score (nSPS) is 12.7. The molecule has 0 aromatic heterocycles. The van der Waals surface area contributed by atoms with E-state index < -0.39 is 34.1 Å². The quantitative estimate of drug-likeness (QED) is 0.677. The van der Waals surface area contributed by atoms with E-state index in [4.69, 9.17) is 0 Å². The maximum atomic E-state index is 13.3. The molecule has 0 saturated carbocycles. The van der Waals surface area contributed by atoms with Gasteiger partial charge in [-0.2, -0.15) is 0 Å². The Morgan fingerprint density at radius 2 is 1.48 bits per heavy atom. The van der Waals surface area contributed by atoms with Gasteiger partial charge >= 0.3 is 0 Å². The molecule has 0 radical (unpaired) electrons. The number of carbonyl (C=O) groups is 2. The van der Waals surface area contributed by atoms with Crippen LogP contribution in [0.2, 0.25) is 0 Å². The summed E-state index contributed by atoms with van der Waals surface area (Å²) in [7, 11) is -3.71. The minimum absolute atomic E-state index is 0.185.